The van der Waals surface area contributed by atoms with E-state index < -0.39 is 5.97 Å². The van der Waals surface area contributed by atoms with E-state index in [2.05, 4.69) is 14.4 Å². The monoisotopic (exact) mass is 203 g/mol. The van der Waals surface area contributed by atoms with E-state index in [1.165, 1.54) is 5.96 Å². The molecule has 14 heavy (non-hydrogen) atoms. The molecule has 0 fully saturated rings. The average Bonchev–Trinajstić information content (AvgIpc) is 1.80. The Balaban J connectivity index is 0. The van der Waals surface area contributed by atoms with Gasteiger partial charge in [-0.1, -0.05) is 0 Å². The van der Waals surface area contributed by atoms with Crippen LogP contribution in [-0.2, 0) is 4.79 Å². The predicted molar refractivity (Wildman–Crippen MR) is 55.2 cm³/mol. The van der Waals surface area contributed by atoms with Gasteiger partial charge in [0.05, 0.1) is 42.3 Å². The molecule has 0 rings (SSSR count). The molecule has 0 bridgehead atoms. The maximum atomic E-state index is 8.89. The predicted octanol–water partition coefficient (Wildman–Crippen LogP) is -1.51. The molecule has 0 aromatic rings. The maximum absolute atomic E-state index is 8.89. The van der Waals surface area contributed by atoms with Crippen molar-refractivity contribution < 1.29 is 14.5 Å². The van der Waals surface area contributed by atoms with Crippen LogP contribution in [0, 0.1) is 0 Å². The SMILES string of the molecule is CC(=O)[O-].CN(C)C(N(C)C)=[N+](C)C. The van der Waals surface area contributed by atoms with Crippen LogP contribution >= 0.6 is 0 Å². The summed E-state index contributed by atoms with van der Waals surface area (Å²) in [6.45, 7) is 0.972. The second-order valence-electron chi connectivity index (χ2n) is 3.47. The zero-order valence-electron chi connectivity index (χ0n) is 10.2. The number of nitrogens with zero attached hydrogens (tertiary/aromatic N) is 3. The summed E-state index contributed by atoms with van der Waals surface area (Å²) in [6.07, 6.45) is 0. The lowest BCUT2D eigenvalue weighted by atomic mass is 10.7. The molecule has 5 nitrogen and oxygen atoms in total. The Morgan fingerprint density at radius 1 is 1.07 bits per heavy atom. The molecular weight excluding hydrogens is 182 g/mol. The van der Waals surface area contributed by atoms with Crippen molar-refractivity contribution in [1.29, 1.82) is 0 Å². The summed E-state index contributed by atoms with van der Waals surface area (Å²) < 4.78 is 2.08. The molecule has 0 unspecified atom stereocenters. The van der Waals surface area contributed by atoms with Crippen molar-refractivity contribution in [2.75, 3.05) is 42.3 Å². The van der Waals surface area contributed by atoms with E-state index >= 15 is 0 Å². The molecule has 0 N–H and O–H groups in total. The summed E-state index contributed by atoms with van der Waals surface area (Å²) >= 11 is 0. The number of guanidine groups is 1. The van der Waals surface area contributed by atoms with Crippen LogP contribution in [0.5, 0.6) is 0 Å². The van der Waals surface area contributed by atoms with Crippen LogP contribution in [0.1, 0.15) is 6.92 Å². The number of hydrogen-bond acceptors (Lipinski definition) is 2. The Kier molecular flexibility index (Phi) is 7.80. The van der Waals surface area contributed by atoms with Crippen LogP contribution in [0.25, 0.3) is 0 Å². The largest absolute Gasteiger partial charge is 0.550 e. The summed E-state index contributed by atoms with van der Waals surface area (Å²) in [5.41, 5.74) is 0. The van der Waals surface area contributed by atoms with Crippen molar-refractivity contribution in [1.82, 2.24) is 9.80 Å². The third-order valence-corrected chi connectivity index (χ3v) is 1.20. The van der Waals surface area contributed by atoms with Gasteiger partial charge in [0.1, 0.15) is 0 Å². The Morgan fingerprint density at radius 3 is 1.29 bits per heavy atom. The smallest absolute Gasteiger partial charge is 0.349 e. The van der Waals surface area contributed by atoms with Gasteiger partial charge >= 0.3 is 5.96 Å². The quantitative estimate of drug-likeness (QED) is 0.273. The normalized spacial score (nSPS) is 8.21. The molecule has 0 saturated heterocycles. The zero-order chi connectivity index (χ0) is 11.9. The number of carboxylic acids is 1. The highest BCUT2D eigenvalue weighted by molar-refractivity contribution is 5.73. The number of carbonyl (C=O) groups is 1. The molecule has 0 aromatic carbocycles. The fourth-order valence-corrected chi connectivity index (χ4v) is 1.20. The molecule has 0 spiro atoms. The van der Waals surface area contributed by atoms with Crippen molar-refractivity contribution >= 4 is 11.9 Å². The number of carbonyl (C=O) groups excluding carboxylic acids is 1. The minimum atomic E-state index is -1.08. The highest BCUT2D eigenvalue weighted by Crippen LogP contribution is 1.84. The third kappa shape index (κ3) is 8.83. The molecule has 0 saturated carbocycles. The fourth-order valence-electron chi connectivity index (χ4n) is 1.20. The molecule has 0 aliphatic heterocycles. The summed E-state index contributed by atoms with van der Waals surface area (Å²) in [5, 5.41) is 8.89. The van der Waals surface area contributed by atoms with E-state index in [0.29, 0.717) is 0 Å². The van der Waals surface area contributed by atoms with Gasteiger partial charge in [0.15, 0.2) is 0 Å². The van der Waals surface area contributed by atoms with Gasteiger partial charge in [-0.25, -0.2) is 0 Å². The topological polar surface area (TPSA) is 49.6 Å². The first-order valence-corrected chi connectivity index (χ1v) is 4.26. The number of aliphatic carboxylic acids is 1. The second-order valence-corrected chi connectivity index (χ2v) is 3.47. The minimum Gasteiger partial charge on any atom is -0.550 e. The number of hydrogen-bond donors (Lipinski definition) is 0. The van der Waals surface area contributed by atoms with Crippen molar-refractivity contribution in [3.05, 3.63) is 0 Å². The van der Waals surface area contributed by atoms with Gasteiger partial charge in [-0.05, 0) is 6.92 Å². The van der Waals surface area contributed by atoms with Gasteiger partial charge in [-0.15, -0.1) is 0 Å². The lowest BCUT2D eigenvalue weighted by Crippen LogP contribution is -2.40. The zero-order valence-corrected chi connectivity index (χ0v) is 10.2. The van der Waals surface area contributed by atoms with Crippen LogP contribution in [0.3, 0.4) is 0 Å². The van der Waals surface area contributed by atoms with Crippen molar-refractivity contribution in [2.24, 2.45) is 0 Å². The first kappa shape index (κ1) is 15.2. The molecule has 0 heterocycles. The summed E-state index contributed by atoms with van der Waals surface area (Å²) in [7, 11) is 12.2. The average molecular weight is 203 g/mol. The van der Waals surface area contributed by atoms with Gasteiger partial charge in [-0.2, -0.15) is 0 Å². The first-order valence-electron chi connectivity index (χ1n) is 4.26. The molecule has 0 aliphatic carbocycles. The Hall–Kier alpha value is -1.26. The van der Waals surface area contributed by atoms with Crippen LogP contribution in [-0.4, -0.2) is 68.6 Å². The standard InChI is InChI=1S/C7H18N3.C2H4O2/c1-8(2)7(9(3)4)10(5)6;1-2(3)4/h1-6H3;1H3,(H,3,4)/q+1;/p-1. The minimum absolute atomic E-state index is 0.972. The number of rotatable bonds is 0. The van der Waals surface area contributed by atoms with E-state index in [4.69, 9.17) is 9.90 Å². The molecular formula is C9H21N3O2. The van der Waals surface area contributed by atoms with E-state index in [1.54, 1.807) is 0 Å². The van der Waals surface area contributed by atoms with Crippen LogP contribution in [0.15, 0.2) is 0 Å². The van der Waals surface area contributed by atoms with Crippen molar-refractivity contribution in [3.8, 4) is 0 Å². The van der Waals surface area contributed by atoms with E-state index in [0.717, 1.165) is 6.92 Å². The fraction of sp³-hybridized carbons (Fsp3) is 0.778. The summed E-state index contributed by atoms with van der Waals surface area (Å²) in [6, 6.07) is 0. The van der Waals surface area contributed by atoms with Crippen molar-refractivity contribution in [2.45, 2.75) is 6.92 Å². The Morgan fingerprint density at radius 2 is 1.29 bits per heavy atom. The van der Waals surface area contributed by atoms with E-state index in [1.807, 2.05) is 42.3 Å². The van der Waals surface area contributed by atoms with Gasteiger partial charge < -0.3 is 9.90 Å². The molecule has 0 atom stereocenters. The molecule has 0 radical (unpaired) electrons. The molecule has 0 aliphatic rings. The lowest BCUT2D eigenvalue weighted by Gasteiger charge is -2.16. The molecule has 5 heteroatoms. The van der Waals surface area contributed by atoms with E-state index in [9.17, 15) is 0 Å². The Bertz CT molecular complexity index is 192. The van der Waals surface area contributed by atoms with Gasteiger partial charge in [0.25, 0.3) is 0 Å². The highest BCUT2D eigenvalue weighted by atomic mass is 16.4. The van der Waals surface area contributed by atoms with Crippen LogP contribution in [0.2, 0.25) is 0 Å². The maximum Gasteiger partial charge on any atom is 0.349 e. The van der Waals surface area contributed by atoms with Crippen LogP contribution in [0.4, 0.5) is 0 Å². The lowest BCUT2D eigenvalue weighted by molar-refractivity contribution is -0.475. The molecule has 0 aromatic heterocycles. The Labute approximate surface area is 86.2 Å². The van der Waals surface area contributed by atoms with Gasteiger partial charge in [0, 0.05) is 5.97 Å². The third-order valence-electron chi connectivity index (χ3n) is 1.20. The summed E-state index contributed by atoms with van der Waals surface area (Å²) in [4.78, 5) is 13.1. The number of carboxylic acid groups (broad SMARTS) is 1. The second kappa shape index (κ2) is 7.17. The molecule has 0 amide bonds. The van der Waals surface area contributed by atoms with Gasteiger partial charge in [0.2, 0.25) is 0 Å². The molecule has 84 valence electrons. The first-order chi connectivity index (χ1) is 6.20. The highest BCUT2D eigenvalue weighted by Gasteiger charge is 2.12. The van der Waals surface area contributed by atoms with E-state index in [-0.39, 0.29) is 0 Å². The van der Waals surface area contributed by atoms with Crippen LogP contribution < -0.4 is 5.11 Å². The summed E-state index contributed by atoms with van der Waals surface area (Å²) in [5.74, 6) is 0.111. The van der Waals surface area contributed by atoms with Crippen molar-refractivity contribution in [3.63, 3.8) is 0 Å². The van der Waals surface area contributed by atoms with Gasteiger partial charge in [-0.3, -0.25) is 14.4 Å².